The smallest absolute Gasteiger partial charge is 0.406 e. The van der Waals surface area contributed by atoms with Gasteiger partial charge in [-0.2, -0.15) is 13.2 Å². The zero-order valence-electron chi connectivity index (χ0n) is 10.9. The first-order chi connectivity index (χ1) is 9.69. The minimum absolute atomic E-state index is 0.0828. The minimum Gasteiger partial charge on any atom is -0.496 e. The first-order valence-electron chi connectivity index (χ1n) is 5.69. The molecule has 0 saturated heterocycles. The number of aliphatic hydroxyl groups excluding tert-OH is 1. The highest BCUT2D eigenvalue weighted by Crippen LogP contribution is 2.29. The average Bonchev–Trinajstić information content (AvgIpc) is 2.38. The molecule has 1 aromatic rings. The molecule has 0 saturated carbocycles. The van der Waals surface area contributed by atoms with E-state index in [4.69, 9.17) is 21.4 Å². The van der Waals surface area contributed by atoms with Crippen LogP contribution in [0.25, 0.3) is 0 Å². The molecule has 118 valence electrons. The number of nitrogens with zero attached hydrogens (tertiary/aromatic N) is 1. The van der Waals surface area contributed by atoms with Crippen LogP contribution in [0.5, 0.6) is 5.75 Å². The summed E-state index contributed by atoms with van der Waals surface area (Å²) in [5.74, 6) is -0.782. The Morgan fingerprint density at radius 2 is 2.10 bits per heavy atom. The molecule has 0 unspecified atom stereocenters. The quantitative estimate of drug-likeness (QED) is 0.721. The van der Waals surface area contributed by atoms with Crippen LogP contribution in [-0.4, -0.2) is 48.9 Å². The highest BCUT2D eigenvalue weighted by Gasteiger charge is 2.34. The fraction of sp³-hybridized carbons (Fsp3) is 0.417. The van der Waals surface area contributed by atoms with Crippen LogP contribution in [-0.2, 0) is 0 Å². The van der Waals surface area contributed by atoms with Gasteiger partial charge in [-0.25, -0.2) is 0 Å². The van der Waals surface area contributed by atoms with Gasteiger partial charge in [0.1, 0.15) is 12.3 Å². The maximum atomic E-state index is 12.5. The lowest BCUT2D eigenvalue weighted by molar-refractivity contribution is -0.141. The van der Waals surface area contributed by atoms with E-state index in [1.807, 2.05) is 22.6 Å². The van der Waals surface area contributed by atoms with Crippen LogP contribution in [0.1, 0.15) is 10.4 Å². The van der Waals surface area contributed by atoms with Gasteiger partial charge in [0.15, 0.2) is 0 Å². The van der Waals surface area contributed by atoms with Gasteiger partial charge in [0, 0.05) is 10.1 Å². The molecular formula is C12H12ClF3INO3. The lowest BCUT2D eigenvalue weighted by Crippen LogP contribution is -2.40. The van der Waals surface area contributed by atoms with Gasteiger partial charge in [0.25, 0.3) is 5.91 Å². The van der Waals surface area contributed by atoms with Crippen molar-refractivity contribution in [2.75, 3.05) is 26.8 Å². The van der Waals surface area contributed by atoms with Gasteiger partial charge in [-0.3, -0.25) is 4.79 Å². The fourth-order valence-corrected chi connectivity index (χ4v) is 2.23. The number of carbonyl (C=O) groups excluding carboxylic acids is 1. The van der Waals surface area contributed by atoms with Crippen molar-refractivity contribution in [3.05, 3.63) is 26.3 Å². The third-order valence-electron chi connectivity index (χ3n) is 2.50. The van der Waals surface area contributed by atoms with Gasteiger partial charge in [-0.15, -0.1) is 0 Å². The normalized spacial score (nSPS) is 11.4. The second-order valence-electron chi connectivity index (χ2n) is 4.03. The summed E-state index contributed by atoms with van der Waals surface area (Å²) in [6.45, 7) is -2.48. The Kier molecular flexibility index (Phi) is 6.54. The largest absolute Gasteiger partial charge is 0.496 e. The number of rotatable bonds is 5. The van der Waals surface area contributed by atoms with Crippen molar-refractivity contribution in [1.82, 2.24) is 4.90 Å². The second kappa shape index (κ2) is 7.50. The monoisotopic (exact) mass is 437 g/mol. The molecule has 1 rings (SSSR count). The van der Waals surface area contributed by atoms with Crippen molar-refractivity contribution in [1.29, 1.82) is 0 Å². The summed E-state index contributed by atoms with van der Waals surface area (Å²) in [4.78, 5) is 12.7. The Hall–Kier alpha value is -0.740. The summed E-state index contributed by atoms with van der Waals surface area (Å²) in [5, 5.41) is 9.07. The molecule has 9 heteroatoms. The number of methoxy groups -OCH3 is 1. The first kappa shape index (κ1) is 18.3. The molecule has 1 N–H and O–H groups in total. The van der Waals surface area contributed by atoms with E-state index in [9.17, 15) is 18.0 Å². The molecule has 0 aliphatic carbocycles. The van der Waals surface area contributed by atoms with Crippen molar-refractivity contribution < 1.29 is 27.8 Å². The Labute approximate surface area is 138 Å². The van der Waals surface area contributed by atoms with Crippen molar-refractivity contribution in [2.45, 2.75) is 6.18 Å². The molecule has 0 heterocycles. The lowest BCUT2D eigenvalue weighted by atomic mass is 10.1. The highest BCUT2D eigenvalue weighted by atomic mass is 127. The number of aliphatic hydroxyl groups is 1. The van der Waals surface area contributed by atoms with Gasteiger partial charge in [0.2, 0.25) is 0 Å². The van der Waals surface area contributed by atoms with Crippen LogP contribution in [0.15, 0.2) is 12.1 Å². The lowest BCUT2D eigenvalue weighted by Gasteiger charge is -2.24. The molecule has 0 fully saturated rings. The molecule has 1 amide bonds. The molecule has 1 aromatic carbocycles. The maximum Gasteiger partial charge on any atom is 0.406 e. The Bertz CT molecular complexity index is 525. The van der Waals surface area contributed by atoms with Crippen LogP contribution in [0.3, 0.4) is 0 Å². The zero-order valence-corrected chi connectivity index (χ0v) is 13.8. The molecule has 0 spiro atoms. The molecule has 0 aliphatic rings. The Balaban J connectivity index is 3.17. The zero-order chi connectivity index (χ0) is 16.2. The molecule has 4 nitrogen and oxygen atoms in total. The molecular weight excluding hydrogens is 425 g/mol. The van der Waals surface area contributed by atoms with E-state index in [0.717, 1.165) is 0 Å². The van der Waals surface area contributed by atoms with E-state index in [-0.39, 0.29) is 16.3 Å². The third-order valence-corrected chi connectivity index (χ3v) is 4.02. The minimum atomic E-state index is -4.56. The van der Waals surface area contributed by atoms with Gasteiger partial charge >= 0.3 is 6.18 Å². The average molecular weight is 438 g/mol. The number of hydrogen-bond acceptors (Lipinski definition) is 3. The summed E-state index contributed by atoms with van der Waals surface area (Å²) >= 11 is 7.81. The van der Waals surface area contributed by atoms with Crippen molar-refractivity contribution >= 4 is 40.1 Å². The second-order valence-corrected chi connectivity index (χ2v) is 5.60. The third kappa shape index (κ3) is 5.19. The number of carbonyl (C=O) groups is 1. The van der Waals surface area contributed by atoms with Crippen LogP contribution in [0, 0.1) is 3.57 Å². The molecule has 0 aromatic heterocycles. The van der Waals surface area contributed by atoms with Crippen LogP contribution >= 0.6 is 34.2 Å². The van der Waals surface area contributed by atoms with Crippen LogP contribution in [0.4, 0.5) is 13.2 Å². The molecule has 0 bridgehead atoms. The van der Waals surface area contributed by atoms with E-state index in [1.54, 1.807) is 0 Å². The fourth-order valence-electron chi connectivity index (χ4n) is 1.62. The van der Waals surface area contributed by atoms with E-state index in [1.165, 1.54) is 19.2 Å². The molecule has 21 heavy (non-hydrogen) atoms. The van der Waals surface area contributed by atoms with Crippen molar-refractivity contribution in [3.8, 4) is 5.75 Å². The van der Waals surface area contributed by atoms with Crippen LogP contribution < -0.4 is 4.74 Å². The van der Waals surface area contributed by atoms with E-state index in [0.29, 0.717) is 8.47 Å². The SMILES string of the molecule is COc1cc(I)c(Cl)cc1C(=O)N(CCO)CC(F)(F)F. The summed E-state index contributed by atoms with van der Waals surface area (Å²) in [7, 11) is 1.30. The Morgan fingerprint density at radius 3 is 2.57 bits per heavy atom. The predicted molar refractivity (Wildman–Crippen MR) is 79.8 cm³/mol. The van der Waals surface area contributed by atoms with Gasteiger partial charge in [-0.05, 0) is 34.7 Å². The van der Waals surface area contributed by atoms with Crippen molar-refractivity contribution in [2.24, 2.45) is 0 Å². The first-order valence-corrected chi connectivity index (χ1v) is 7.15. The highest BCUT2D eigenvalue weighted by molar-refractivity contribution is 14.1. The van der Waals surface area contributed by atoms with E-state index < -0.39 is 31.8 Å². The number of ether oxygens (including phenoxy) is 1. The standard InChI is InChI=1S/C12H12ClF3INO3/c1-21-10-5-9(17)8(13)4-7(10)11(20)18(2-3-19)6-12(14,15)16/h4-5,19H,2-3,6H2,1H3. The topological polar surface area (TPSA) is 49.8 Å². The molecule has 0 atom stereocenters. The number of hydrogen-bond donors (Lipinski definition) is 1. The maximum absolute atomic E-state index is 12.5. The van der Waals surface area contributed by atoms with Crippen LogP contribution in [0.2, 0.25) is 5.02 Å². The van der Waals surface area contributed by atoms with Crippen molar-refractivity contribution in [3.63, 3.8) is 0 Å². The number of amides is 1. The van der Waals surface area contributed by atoms with Gasteiger partial charge < -0.3 is 14.7 Å². The predicted octanol–water partition coefficient (Wildman–Crippen LogP) is 2.95. The Morgan fingerprint density at radius 1 is 1.48 bits per heavy atom. The number of halogens is 5. The summed E-state index contributed by atoms with van der Waals surface area (Å²) in [6.07, 6.45) is -4.56. The summed E-state index contributed by atoms with van der Waals surface area (Å²) in [5.41, 5.74) is -0.0828. The number of alkyl halides is 3. The summed E-state index contributed by atoms with van der Waals surface area (Å²) in [6, 6.07) is 2.71. The van der Waals surface area contributed by atoms with E-state index >= 15 is 0 Å². The van der Waals surface area contributed by atoms with Gasteiger partial charge in [0.05, 0.1) is 24.3 Å². The number of benzene rings is 1. The van der Waals surface area contributed by atoms with E-state index in [2.05, 4.69) is 0 Å². The molecule has 0 aliphatic heterocycles. The van der Waals surface area contributed by atoms with Gasteiger partial charge in [-0.1, -0.05) is 11.6 Å². The molecule has 0 radical (unpaired) electrons. The summed E-state index contributed by atoms with van der Waals surface area (Å²) < 4.78 is 43.1.